The summed E-state index contributed by atoms with van der Waals surface area (Å²) >= 11 is 0. The Morgan fingerprint density at radius 1 is 1.18 bits per heavy atom. The molecule has 10 nitrogen and oxygen atoms in total. The van der Waals surface area contributed by atoms with Gasteiger partial charge in [-0.05, 0) is 83.5 Å². The number of carbonyl (C=O) groups is 1. The Balaban J connectivity index is 1.38. The molecule has 220 valence electrons. The molecule has 0 unspecified atom stereocenters. The maximum atomic E-state index is 14.2. The Morgan fingerprint density at radius 2 is 1.93 bits per heavy atom. The number of hydrogen-bond acceptors (Lipinski definition) is 8. The van der Waals surface area contributed by atoms with Crippen LogP contribution in [-0.4, -0.2) is 79.8 Å². The molecule has 4 rings (SSSR count). The van der Waals surface area contributed by atoms with Gasteiger partial charge in [-0.3, -0.25) is 4.79 Å². The summed E-state index contributed by atoms with van der Waals surface area (Å²) in [6.07, 6.45) is 8.90. The highest BCUT2D eigenvalue weighted by atomic mass is 32.2. The van der Waals surface area contributed by atoms with Crippen molar-refractivity contribution in [3.05, 3.63) is 42.1 Å². The highest BCUT2D eigenvalue weighted by Gasteiger charge is 2.29. The molecule has 2 N–H and O–H groups in total. The fourth-order valence-electron chi connectivity index (χ4n) is 5.63. The lowest BCUT2D eigenvalue weighted by Gasteiger charge is -2.29. The number of nitrogens with one attached hydrogen (secondary N) is 2. The average molecular weight is 577 g/mol. The van der Waals surface area contributed by atoms with E-state index >= 15 is 0 Å². The van der Waals surface area contributed by atoms with E-state index in [9.17, 15) is 17.6 Å². The van der Waals surface area contributed by atoms with Crippen molar-refractivity contribution in [3.8, 4) is 11.5 Å². The summed E-state index contributed by atoms with van der Waals surface area (Å²) in [6.45, 7) is 8.63. The molecule has 0 spiro atoms. The molecule has 1 saturated carbocycles. The molecule has 1 atom stereocenters. The minimum absolute atomic E-state index is 0.0387. The second-order valence-corrected chi connectivity index (χ2v) is 12.9. The van der Waals surface area contributed by atoms with Crippen molar-refractivity contribution in [2.75, 3.05) is 37.3 Å². The van der Waals surface area contributed by atoms with Gasteiger partial charge in [0.1, 0.15) is 17.9 Å². The summed E-state index contributed by atoms with van der Waals surface area (Å²) in [5, 5.41) is 3.69. The minimum atomic E-state index is -3.17. The summed E-state index contributed by atoms with van der Waals surface area (Å²) < 4.78 is 46.1. The van der Waals surface area contributed by atoms with Gasteiger partial charge in [-0.25, -0.2) is 27.5 Å². The van der Waals surface area contributed by atoms with Gasteiger partial charge in [-0.15, -0.1) is 0 Å². The Bertz CT molecular complexity index is 1270. The predicted molar refractivity (Wildman–Crippen MR) is 153 cm³/mol. The molecule has 1 aliphatic heterocycles. The van der Waals surface area contributed by atoms with Gasteiger partial charge in [0.15, 0.2) is 11.6 Å². The van der Waals surface area contributed by atoms with Gasteiger partial charge in [0.05, 0.1) is 18.0 Å². The van der Waals surface area contributed by atoms with E-state index < -0.39 is 15.8 Å². The number of ether oxygens (including phenoxy) is 1. The SMILES string of the molecule is CCN(C(=O)c1cc(F)ccc1Oc1cncnc1N1CC[C@@H](NCC2CCC(NS(C)(=O)=O)CC2)C1)C(C)C. The van der Waals surface area contributed by atoms with E-state index in [1.165, 1.54) is 30.8 Å². The Labute approximate surface area is 236 Å². The van der Waals surface area contributed by atoms with Gasteiger partial charge in [0.25, 0.3) is 5.91 Å². The number of rotatable bonds is 11. The van der Waals surface area contributed by atoms with Gasteiger partial charge in [-0.2, -0.15) is 0 Å². The topological polar surface area (TPSA) is 117 Å². The molecule has 2 fully saturated rings. The zero-order valence-corrected chi connectivity index (χ0v) is 24.6. The van der Waals surface area contributed by atoms with Gasteiger partial charge in [0.2, 0.25) is 10.0 Å². The normalized spacial score (nSPS) is 21.6. The third-order valence-electron chi connectivity index (χ3n) is 7.69. The molecule has 12 heteroatoms. The molecular formula is C28H41FN6O4S. The highest BCUT2D eigenvalue weighted by Crippen LogP contribution is 2.34. The van der Waals surface area contributed by atoms with E-state index in [1.807, 2.05) is 20.8 Å². The van der Waals surface area contributed by atoms with E-state index in [2.05, 4.69) is 24.9 Å². The lowest BCUT2D eigenvalue weighted by molar-refractivity contribution is 0.0713. The standard InChI is InChI=1S/C28H41FN6O4S/c1-5-35(19(2)3)28(36)24-14-21(29)8-11-25(24)39-26-16-30-18-32-27(26)34-13-12-23(17-34)31-15-20-6-9-22(10-7-20)33-40(4,37)38/h8,11,14,16,18-20,22-23,31,33H,5-7,9-10,12-13,15,17H2,1-4H3/t20?,22?,23-/m1/s1. The van der Waals surface area contributed by atoms with E-state index in [0.717, 1.165) is 51.7 Å². The Kier molecular flexibility index (Phi) is 9.96. The second kappa shape index (κ2) is 13.2. The van der Waals surface area contributed by atoms with Crippen LogP contribution in [0.3, 0.4) is 0 Å². The van der Waals surface area contributed by atoms with Crippen molar-refractivity contribution in [3.63, 3.8) is 0 Å². The van der Waals surface area contributed by atoms with E-state index in [0.29, 0.717) is 24.0 Å². The van der Waals surface area contributed by atoms with Crippen LogP contribution in [0, 0.1) is 11.7 Å². The van der Waals surface area contributed by atoms with Crippen molar-refractivity contribution in [2.24, 2.45) is 5.92 Å². The minimum Gasteiger partial charge on any atom is -0.451 e. The van der Waals surface area contributed by atoms with E-state index in [1.54, 1.807) is 11.1 Å². The van der Waals surface area contributed by atoms with Crippen molar-refractivity contribution < 1.29 is 22.3 Å². The number of hydrogen-bond donors (Lipinski definition) is 2. The summed E-state index contributed by atoms with van der Waals surface area (Å²) in [5.74, 6) is 1.02. The Morgan fingerprint density at radius 3 is 2.60 bits per heavy atom. The number of amides is 1. The Hall–Kier alpha value is -2.83. The number of anilines is 1. The summed E-state index contributed by atoms with van der Waals surface area (Å²) in [6, 6.07) is 4.24. The fourth-order valence-corrected chi connectivity index (χ4v) is 6.48. The average Bonchev–Trinajstić information content (AvgIpc) is 3.38. The van der Waals surface area contributed by atoms with Crippen molar-refractivity contribution in [2.45, 2.75) is 71.0 Å². The van der Waals surface area contributed by atoms with Crippen LogP contribution in [0.5, 0.6) is 11.5 Å². The molecule has 2 aliphatic rings. The third kappa shape index (κ3) is 7.88. The summed E-state index contributed by atoms with van der Waals surface area (Å²) in [4.78, 5) is 25.7. The summed E-state index contributed by atoms with van der Waals surface area (Å²) in [7, 11) is -3.17. The molecule has 1 amide bonds. The van der Waals surface area contributed by atoms with Gasteiger partial charge >= 0.3 is 0 Å². The van der Waals surface area contributed by atoms with Crippen LogP contribution >= 0.6 is 0 Å². The number of nitrogens with zero attached hydrogens (tertiary/aromatic N) is 4. The van der Waals surface area contributed by atoms with Crippen LogP contribution in [0.25, 0.3) is 0 Å². The zero-order chi connectivity index (χ0) is 28.9. The molecule has 2 heterocycles. The van der Waals surface area contributed by atoms with Crippen molar-refractivity contribution in [1.29, 1.82) is 0 Å². The molecule has 0 radical (unpaired) electrons. The quantitative estimate of drug-likeness (QED) is 0.417. The smallest absolute Gasteiger partial charge is 0.257 e. The van der Waals surface area contributed by atoms with Crippen molar-refractivity contribution >= 4 is 21.7 Å². The first-order valence-corrected chi connectivity index (χ1v) is 16.0. The molecule has 1 saturated heterocycles. The molecule has 2 aromatic rings. The molecule has 0 bridgehead atoms. The van der Waals surface area contributed by atoms with Crippen LogP contribution in [0.4, 0.5) is 10.2 Å². The fraction of sp³-hybridized carbons (Fsp3) is 0.607. The number of benzene rings is 1. The van der Waals surface area contributed by atoms with Gasteiger partial charge in [0, 0.05) is 37.8 Å². The maximum absolute atomic E-state index is 14.2. The molecule has 1 aromatic carbocycles. The predicted octanol–water partition coefficient (Wildman–Crippen LogP) is 3.55. The van der Waals surface area contributed by atoms with Crippen LogP contribution < -0.4 is 19.7 Å². The number of aromatic nitrogens is 2. The number of halogens is 1. The highest BCUT2D eigenvalue weighted by molar-refractivity contribution is 7.88. The number of carbonyl (C=O) groups excluding carboxylic acids is 1. The maximum Gasteiger partial charge on any atom is 0.257 e. The number of sulfonamides is 1. The lowest BCUT2D eigenvalue weighted by Crippen LogP contribution is -2.40. The first kappa shape index (κ1) is 30.1. The molecule has 1 aromatic heterocycles. The third-order valence-corrected chi connectivity index (χ3v) is 8.45. The van der Waals surface area contributed by atoms with E-state index in [4.69, 9.17) is 4.74 Å². The summed E-state index contributed by atoms with van der Waals surface area (Å²) in [5.41, 5.74) is 0.160. The first-order chi connectivity index (χ1) is 19.0. The zero-order valence-electron chi connectivity index (χ0n) is 23.8. The van der Waals surface area contributed by atoms with Crippen LogP contribution in [0.15, 0.2) is 30.7 Å². The molecule has 1 aliphatic carbocycles. The monoisotopic (exact) mass is 576 g/mol. The van der Waals surface area contributed by atoms with Gasteiger partial charge in [-0.1, -0.05) is 0 Å². The van der Waals surface area contributed by atoms with E-state index in [-0.39, 0.29) is 35.3 Å². The molecule has 40 heavy (non-hydrogen) atoms. The largest absolute Gasteiger partial charge is 0.451 e. The van der Waals surface area contributed by atoms with Crippen LogP contribution in [0.2, 0.25) is 0 Å². The van der Waals surface area contributed by atoms with Crippen LogP contribution in [-0.2, 0) is 10.0 Å². The van der Waals surface area contributed by atoms with Gasteiger partial charge < -0.3 is 19.9 Å². The van der Waals surface area contributed by atoms with Crippen LogP contribution in [0.1, 0.15) is 63.2 Å². The lowest BCUT2D eigenvalue weighted by atomic mass is 9.86. The van der Waals surface area contributed by atoms with Crippen molar-refractivity contribution in [1.82, 2.24) is 24.9 Å². The first-order valence-electron chi connectivity index (χ1n) is 14.1. The molecular weight excluding hydrogens is 535 g/mol. The second-order valence-electron chi connectivity index (χ2n) is 11.1.